The first-order valence-corrected chi connectivity index (χ1v) is 10.8. The number of aliphatic carboxylic acids is 1. The number of carbonyl (C=O) groups is 1. The second kappa shape index (κ2) is 9.59. The van der Waals surface area contributed by atoms with E-state index in [1.54, 1.807) is 17.5 Å². The Bertz CT molecular complexity index is 1340. The molecular weight excluding hydrogens is 424 g/mol. The molecule has 0 atom stereocenters. The van der Waals surface area contributed by atoms with Crippen LogP contribution in [0.1, 0.15) is 6.92 Å². The fourth-order valence-electron chi connectivity index (χ4n) is 3.40. The fourth-order valence-corrected chi connectivity index (χ4v) is 4.49. The smallest absolute Gasteiger partial charge is 0.300 e. The van der Waals surface area contributed by atoms with Gasteiger partial charge in [0.15, 0.2) is 0 Å². The van der Waals surface area contributed by atoms with Crippen molar-refractivity contribution in [2.45, 2.75) is 6.92 Å². The lowest BCUT2D eigenvalue weighted by Gasteiger charge is -2.11. The van der Waals surface area contributed by atoms with Crippen LogP contribution in [0.15, 0.2) is 67.0 Å². The van der Waals surface area contributed by atoms with E-state index < -0.39 is 5.97 Å². The van der Waals surface area contributed by atoms with E-state index in [-0.39, 0.29) is 0 Å². The number of nitrogens with zero attached hydrogens (tertiary/aromatic N) is 2. The lowest BCUT2D eigenvalue weighted by molar-refractivity contribution is -0.134. The number of thiophene rings is 1. The van der Waals surface area contributed by atoms with Crippen molar-refractivity contribution in [2.75, 3.05) is 13.2 Å². The third-order valence-corrected chi connectivity index (χ3v) is 5.83. The van der Waals surface area contributed by atoms with Gasteiger partial charge in [0.2, 0.25) is 5.88 Å². The Hall–Kier alpha value is -3.75. The van der Waals surface area contributed by atoms with Crippen LogP contribution in [0.2, 0.25) is 0 Å². The molecule has 8 heteroatoms. The van der Waals surface area contributed by atoms with Crippen molar-refractivity contribution >= 4 is 38.3 Å². The molecule has 2 aromatic carbocycles. The van der Waals surface area contributed by atoms with Crippen LogP contribution >= 0.6 is 11.3 Å². The SMILES string of the molecule is CC(=O)O.NCCOc1ncccc1-c1cc(-c2cc3ccccc3s2)c2[nH]ncc2c1. The number of hydrogen-bond donors (Lipinski definition) is 3. The number of nitrogens with two attached hydrogens (primary N) is 1. The van der Waals surface area contributed by atoms with E-state index in [9.17, 15) is 0 Å². The largest absolute Gasteiger partial charge is 0.481 e. The van der Waals surface area contributed by atoms with Gasteiger partial charge in [0.1, 0.15) is 6.61 Å². The van der Waals surface area contributed by atoms with Gasteiger partial charge in [-0.3, -0.25) is 9.89 Å². The Morgan fingerprint density at radius 3 is 2.72 bits per heavy atom. The van der Waals surface area contributed by atoms with E-state index in [0.29, 0.717) is 19.0 Å². The van der Waals surface area contributed by atoms with Gasteiger partial charge >= 0.3 is 0 Å². The number of benzene rings is 2. The second-order valence-corrected chi connectivity index (χ2v) is 8.10. The van der Waals surface area contributed by atoms with Gasteiger partial charge in [-0.05, 0) is 47.3 Å². The second-order valence-electron chi connectivity index (χ2n) is 7.02. The highest BCUT2D eigenvalue weighted by atomic mass is 32.1. The number of carboxylic acid groups (broad SMARTS) is 1. The molecule has 0 aliphatic carbocycles. The summed E-state index contributed by atoms with van der Waals surface area (Å²) >= 11 is 1.78. The topological polar surface area (TPSA) is 114 Å². The van der Waals surface area contributed by atoms with E-state index in [4.69, 9.17) is 20.4 Å². The number of rotatable bonds is 5. The quantitative estimate of drug-likeness (QED) is 0.352. The van der Waals surface area contributed by atoms with Gasteiger partial charge in [-0.25, -0.2) is 4.98 Å². The molecule has 0 radical (unpaired) electrons. The standard InChI is InChI=1S/C22H18N4OS.C2H4O2/c23-7-9-27-22-17(5-3-8-24-22)15-10-16-13-25-26-21(16)18(11-15)20-12-14-4-1-2-6-19(14)28-20;1-2(3)4/h1-6,8,10-13H,7,9,23H2,(H,25,26);1H3,(H,3,4). The molecule has 162 valence electrons. The summed E-state index contributed by atoms with van der Waals surface area (Å²) in [5.41, 5.74) is 9.74. The maximum atomic E-state index is 9.00. The lowest BCUT2D eigenvalue weighted by atomic mass is 10.00. The number of aromatic nitrogens is 3. The zero-order chi connectivity index (χ0) is 22.5. The Balaban J connectivity index is 0.000000567. The highest BCUT2D eigenvalue weighted by Gasteiger charge is 2.15. The van der Waals surface area contributed by atoms with Crippen LogP contribution in [0.25, 0.3) is 42.6 Å². The van der Waals surface area contributed by atoms with Gasteiger partial charge in [-0.15, -0.1) is 11.3 Å². The molecule has 32 heavy (non-hydrogen) atoms. The van der Waals surface area contributed by atoms with Crippen molar-refractivity contribution < 1.29 is 14.6 Å². The Labute approximate surface area is 188 Å². The van der Waals surface area contributed by atoms with Crippen molar-refractivity contribution in [3.63, 3.8) is 0 Å². The van der Waals surface area contributed by atoms with Gasteiger partial charge in [-0.2, -0.15) is 5.10 Å². The number of pyridine rings is 1. The van der Waals surface area contributed by atoms with Crippen molar-refractivity contribution in [2.24, 2.45) is 5.73 Å². The maximum Gasteiger partial charge on any atom is 0.300 e. The van der Waals surface area contributed by atoms with Crippen molar-refractivity contribution in [1.82, 2.24) is 15.2 Å². The number of carboxylic acids is 1. The molecule has 3 aromatic heterocycles. The Morgan fingerprint density at radius 2 is 1.94 bits per heavy atom. The molecule has 4 N–H and O–H groups in total. The third-order valence-electron chi connectivity index (χ3n) is 4.68. The minimum Gasteiger partial charge on any atom is -0.481 e. The molecule has 0 unspecified atom stereocenters. The summed E-state index contributed by atoms with van der Waals surface area (Å²) in [5, 5.41) is 17.1. The highest BCUT2D eigenvalue weighted by molar-refractivity contribution is 7.22. The molecular formula is C24H22N4O3S. The zero-order valence-electron chi connectivity index (χ0n) is 17.4. The van der Waals surface area contributed by atoms with Crippen LogP contribution in [0.4, 0.5) is 0 Å². The number of hydrogen-bond acceptors (Lipinski definition) is 6. The van der Waals surface area contributed by atoms with Crippen molar-refractivity contribution in [3.8, 4) is 27.4 Å². The van der Waals surface area contributed by atoms with E-state index in [0.717, 1.165) is 34.5 Å². The molecule has 0 saturated heterocycles. The normalized spacial score (nSPS) is 10.7. The van der Waals surface area contributed by atoms with Crippen LogP contribution in [0, 0.1) is 0 Å². The Kier molecular flexibility index (Phi) is 6.44. The molecule has 0 saturated carbocycles. The van der Waals surface area contributed by atoms with Gasteiger partial charge in [0, 0.05) is 45.8 Å². The summed E-state index contributed by atoms with van der Waals surface area (Å²) in [4.78, 5) is 14.6. The monoisotopic (exact) mass is 446 g/mol. The van der Waals surface area contributed by atoms with Gasteiger partial charge in [-0.1, -0.05) is 18.2 Å². The van der Waals surface area contributed by atoms with Gasteiger partial charge in [0.25, 0.3) is 5.97 Å². The van der Waals surface area contributed by atoms with Crippen LogP contribution in [-0.2, 0) is 4.79 Å². The molecule has 5 rings (SSSR count). The average Bonchev–Trinajstić information content (AvgIpc) is 3.43. The molecule has 0 aliphatic heterocycles. The Morgan fingerprint density at radius 1 is 1.12 bits per heavy atom. The van der Waals surface area contributed by atoms with Gasteiger partial charge < -0.3 is 15.6 Å². The predicted molar refractivity (Wildman–Crippen MR) is 128 cm³/mol. The molecule has 0 amide bonds. The summed E-state index contributed by atoms with van der Waals surface area (Å²) in [7, 11) is 0. The van der Waals surface area contributed by atoms with E-state index >= 15 is 0 Å². The summed E-state index contributed by atoms with van der Waals surface area (Å²) in [6, 6.07) is 18.9. The minimum absolute atomic E-state index is 0.432. The highest BCUT2D eigenvalue weighted by Crippen LogP contribution is 2.40. The molecule has 0 aliphatic rings. The first-order valence-electron chi connectivity index (χ1n) is 10.0. The van der Waals surface area contributed by atoms with E-state index in [1.807, 2.05) is 18.3 Å². The molecule has 0 fully saturated rings. The summed E-state index contributed by atoms with van der Waals surface area (Å²) in [6.07, 6.45) is 3.59. The first kappa shape index (κ1) is 21.5. The van der Waals surface area contributed by atoms with Crippen LogP contribution in [0.3, 0.4) is 0 Å². The predicted octanol–water partition coefficient (Wildman–Crippen LogP) is 4.94. The van der Waals surface area contributed by atoms with Crippen molar-refractivity contribution in [3.05, 3.63) is 67.0 Å². The lowest BCUT2D eigenvalue weighted by Crippen LogP contribution is -2.11. The minimum atomic E-state index is -0.833. The number of aromatic amines is 1. The summed E-state index contributed by atoms with van der Waals surface area (Å²) in [6.45, 7) is 1.96. The first-order chi connectivity index (χ1) is 15.6. The maximum absolute atomic E-state index is 9.00. The molecule has 5 aromatic rings. The van der Waals surface area contributed by atoms with E-state index in [1.165, 1.54) is 15.0 Å². The van der Waals surface area contributed by atoms with Crippen LogP contribution < -0.4 is 10.5 Å². The molecule has 7 nitrogen and oxygen atoms in total. The van der Waals surface area contributed by atoms with Crippen LogP contribution in [0.5, 0.6) is 5.88 Å². The number of ether oxygens (including phenoxy) is 1. The molecule has 0 bridgehead atoms. The molecule has 3 heterocycles. The fraction of sp³-hybridized carbons (Fsp3) is 0.125. The number of nitrogens with one attached hydrogen (secondary N) is 1. The molecule has 0 spiro atoms. The third kappa shape index (κ3) is 4.61. The van der Waals surface area contributed by atoms with Crippen LogP contribution in [-0.4, -0.2) is 39.4 Å². The van der Waals surface area contributed by atoms with E-state index in [2.05, 4.69) is 57.6 Å². The number of H-pyrrole nitrogens is 1. The summed E-state index contributed by atoms with van der Waals surface area (Å²) in [5.74, 6) is -0.238. The summed E-state index contributed by atoms with van der Waals surface area (Å²) < 4.78 is 7.04. The zero-order valence-corrected chi connectivity index (χ0v) is 18.2. The average molecular weight is 447 g/mol. The number of fused-ring (bicyclic) bond motifs is 2. The van der Waals surface area contributed by atoms with Crippen molar-refractivity contribution in [1.29, 1.82) is 0 Å². The van der Waals surface area contributed by atoms with Gasteiger partial charge in [0.05, 0.1) is 11.7 Å².